The Kier molecular flexibility index (Phi) is 5.72. The molecule has 0 atom stereocenters. The second kappa shape index (κ2) is 7.06. The minimum atomic E-state index is -3.73. The van der Waals surface area contributed by atoms with Crippen LogP contribution in [-0.2, 0) is 15.0 Å². The lowest BCUT2D eigenvalue weighted by molar-refractivity contribution is -0.119. The maximum atomic E-state index is 12.3. The van der Waals surface area contributed by atoms with Crippen LogP contribution in [0.15, 0.2) is 43.0 Å². The predicted molar refractivity (Wildman–Crippen MR) is 79.6 cm³/mol. The van der Waals surface area contributed by atoms with E-state index in [1.807, 2.05) is 0 Å². The van der Waals surface area contributed by atoms with E-state index in [1.54, 1.807) is 30.3 Å². The van der Waals surface area contributed by atoms with E-state index >= 15 is 0 Å². The Morgan fingerprint density at radius 1 is 1.30 bits per heavy atom. The molecule has 1 amide bonds. The maximum Gasteiger partial charge on any atom is 0.304 e. The van der Waals surface area contributed by atoms with Gasteiger partial charge in [-0.3, -0.25) is 4.79 Å². The predicted octanol–water partition coefficient (Wildman–Crippen LogP) is 0.602. The van der Waals surface area contributed by atoms with Crippen LogP contribution in [0.3, 0.4) is 0 Å². The number of hydrogen-bond acceptors (Lipinski definition) is 3. The fraction of sp³-hybridized carbons (Fsp3) is 0.308. The number of benzene rings is 1. The van der Waals surface area contributed by atoms with Crippen molar-refractivity contribution in [3.8, 4) is 0 Å². The number of nitrogens with zero attached hydrogens (tertiary/aromatic N) is 2. The topological polar surface area (TPSA) is 69.7 Å². The van der Waals surface area contributed by atoms with Crippen molar-refractivity contribution in [1.82, 2.24) is 9.62 Å². The summed E-state index contributed by atoms with van der Waals surface area (Å²) in [6.07, 6.45) is 1.53. The lowest BCUT2D eigenvalue weighted by Gasteiger charge is -2.26. The van der Waals surface area contributed by atoms with Gasteiger partial charge in [0.2, 0.25) is 5.91 Å². The molecule has 0 saturated heterocycles. The SMILES string of the molecule is C=CCNC(=O)CN(c1ccccc1)S(=O)(=O)N(C)C. The number of carbonyl (C=O) groups excluding carboxylic acids is 1. The summed E-state index contributed by atoms with van der Waals surface area (Å²) in [6.45, 7) is 3.51. The number of amides is 1. The van der Waals surface area contributed by atoms with Crippen LogP contribution in [0.1, 0.15) is 0 Å². The van der Waals surface area contributed by atoms with Gasteiger partial charge in [-0.1, -0.05) is 24.3 Å². The molecule has 0 aliphatic rings. The molecule has 0 aliphatic heterocycles. The van der Waals surface area contributed by atoms with E-state index in [1.165, 1.54) is 20.2 Å². The Labute approximate surface area is 119 Å². The number of anilines is 1. The van der Waals surface area contributed by atoms with Gasteiger partial charge in [0.25, 0.3) is 0 Å². The highest BCUT2D eigenvalue weighted by Crippen LogP contribution is 2.18. The standard InChI is InChI=1S/C13H19N3O3S/c1-4-10-14-13(17)11-16(20(18,19)15(2)3)12-8-6-5-7-9-12/h4-9H,1,10-11H2,2-3H3,(H,14,17). The third-order valence-corrected chi connectivity index (χ3v) is 4.33. The molecule has 0 aliphatic carbocycles. The Bertz CT molecular complexity index is 555. The largest absolute Gasteiger partial charge is 0.351 e. The van der Waals surface area contributed by atoms with Crippen molar-refractivity contribution in [2.24, 2.45) is 0 Å². The van der Waals surface area contributed by atoms with Crippen LogP contribution >= 0.6 is 0 Å². The zero-order valence-electron chi connectivity index (χ0n) is 11.6. The van der Waals surface area contributed by atoms with Crippen molar-refractivity contribution in [1.29, 1.82) is 0 Å². The molecule has 7 heteroatoms. The monoisotopic (exact) mass is 297 g/mol. The van der Waals surface area contributed by atoms with E-state index < -0.39 is 10.2 Å². The zero-order valence-corrected chi connectivity index (χ0v) is 12.4. The number of hydrogen-bond donors (Lipinski definition) is 1. The first-order chi connectivity index (χ1) is 9.39. The Balaban J connectivity index is 3.04. The van der Waals surface area contributed by atoms with Crippen molar-refractivity contribution in [3.63, 3.8) is 0 Å². The van der Waals surface area contributed by atoms with Crippen LogP contribution < -0.4 is 9.62 Å². The smallest absolute Gasteiger partial charge is 0.304 e. The Hall–Kier alpha value is -1.86. The second-order valence-electron chi connectivity index (χ2n) is 4.23. The highest BCUT2D eigenvalue weighted by molar-refractivity contribution is 7.90. The molecule has 0 spiro atoms. The van der Waals surface area contributed by atoms with Gasteiger partial charge >= 0.3 is 10.2 Å². The number of para-hydroxylation sites is 1. The third-order valence-electron chi connectivity index (χ3n) is 2.51. The molecule has 6 nitrogen and oxygen atoms in total. The first-order valence-corrected chi connectivity index (χ1v) is 7.42. The van der Waals surface area contributed by atoms with Crippen LogP contribution in [0.4, 0.5) is 5.69 Å². The normalized spacial score (nSPS) is 11.2. The van der Waals surface area contributed by atoms with Crippen molar-refractivity contribution in [3.05, 3.63) is 43.0 Å². The summed E-state index contributed by atoms with van der Waals surface area (Å²) in [5.74, 6) is -0.390. The first kappa shape index (κ1) is 16.2. The molecule has 1 aromatic rings. The molecule has 1 aromatic carbocycles. The van der Waals surface area contributed by atoms with Gasteiger partial charge in [0.05, 0.1) is 5.69 Å². The molecule has 0 saturated carbocycles. The van der Waals surface area contributed by atoms with Gasteiger partial charge in [0.15, 0.2) is 0 Å². The molecular weight excluding hydrogens is 278 g/mol. The van der Waals surface area contributed by atoms with Crippen LogP contribution in [0.25, 0.3) is 0 Å². The molecule has 0 heterocycles. The maximum absolute atomic E-state index is 12.3. The van der Waals surface area contributed by atoms with Gasteiger partial charge in [-0.15, -0.1) is 6.58 Å². The van der Waals surface area contributed by atoms with Crippen LogP contribution in [0.5, 0.6) is 0 Å². The van der Waals surface area contributed by atoms with Gasteiger partial charge in [-0.05, 0) is 12.1 Å². The van der Waals surface area contributed by atoms with E-state index in [0.717, 1.165) is 8.61 Å². The van der Waals surface area contributed by atoms with E-state index in [9.17, 15) is 13.2 Å². The highest BCUT2D eigenvalue weighted by atomic mass is 32.2. The lowest BCUT2D eigenvalue weighted by Crippen LogP contribution is -2.45. The first-order valence-electron chi connectivity index (χ1n) is 6.02. The van der Waals surface area contributed by atoms with E-state index in [-0.39, 0.29) is 12.5 Å². The fourth-order valence-electron chi connectivity index (χ4n) is 1.47. The third kappa shape index (κ3) is 4.07. The molecule has 0 unspecified atom stereocenters. The molecule has 1 rings (SSSR count). The molecule has 0 aromatic heterocycles. The summed E-state index contributed by atoms with van der Waals surface area (Å²) >= 11 is 0. The summed E-state index contributed by atoms with van der Waals surface area (Å²) in [5, 5.41) is 2.56. The second-order valence-corrected chi connectivity index (χ2v) is 6.29. The Morgan fingerprint density at radius 2 is 1.90 bits per heavy atom. The van der Waals surface area contributed by atoms with Crippen molar-refractivity contribution in [2.75, 3.05) is 31.5 Å². The Morgan fingerprint density at radius 3 is 2.40 bits per heavy atom. The number of rotatable bonds is 7. The molecule has 0 fully saturated rings. The van der Waals surface area contributed by atoms with E-state index in [2.05, 4.69) is 11.9 Å². The van der Waals surface area contributed by atoms with Gasteiger partial charge in [0.1, 0.15) is 6.54 Å². The molecule has 0 radical (unpaired) electrons. The molecule has 1 N–H and O–H groups in total. The van der Waals surface area contributed by atoms with Crippen molar-refractivity contribution < 1.29 is 13.2 Å². The van der Waals surface area contributed by atoms with Crippen LogP contribution in [0.2, 0.25) is 0 Å². The quantitative estimate of drug-likeness (QED) is 0.749. The number of carbonyl (C=O) groups is 1. The lowest BCUT2D eigenvalue weighted by atomic mass is 10.3. The average molecular weight is 297 g/mol. The van der Waals surface area contributed by atoms with Gasteiger partial charge < -0.3 is 5.32 Å². The van der Waals surface area contributed by atoms with E-state index in [0.29, 0.717) is 12.2 Å². The molecule has 20 heavy (non-hydrogen) atoms. The molecule has 110 valence electrons. The minimum Gasteiger partial charge on any atom is -0.351 e. The minimum absolute atomic E-state index is 0.279. The summed E-state index contributed by atoms with van der Waals surface area (Å²) in [5.41, 5.74) is 0.440. The van der Waals surface area contributed by atoms with E-state index in [4.69, 9.17) is 0 Å². The van der Waals surface area contributed by atoms with Crippen molar-refractivity contribution in [2.45, 2.75) is 0 Å². The summed E-state index contributed by atoms with van der Waals surface area (Å²) in [4.78, 5) is 11.8. The number of nitrogens with one attached hydrogen (secondary N) is 1. The average Bonchev–Trinajstić information content (AvgIpc) is 2.43. The molecular formula is C13H19N3O3S. The van der Waals surface area contributed by atoms with Gasteiger partial charge in [-0.25, -0.2) is 4.31 Å². The summed E-state index contributed by atoms with van der Waals surface area (Å²) < 4.78 is 26.7. The summed E-state index contributed by atoms with van der Waals surface area (Å²) in [6, 6.07) is 8.50. The fourth-order valence-corrected chi connectivity index (χ4v) is 2.53. The van der Waals surface area contributed by atoms with Crippen molar-refractivity contribution >= 4 is 21.8 Å². The molecule has 0 bridgehead atoms. The summed E-state index contributed by atoms with van der Waals surface area (Å²) in [7, 11) is -0.885. The van der Waals surface area contributed by atoms with Crippen LogP contribution in [0, 0.1) is 0 Å². The highest BCUT2D eigenvalue weighted by Gasteiger charge is 2.26. The van der Waals surface area contributed by atoms with Gasteiger partial charge in [-0.2, -0.15) is 12.7 Å². The zero-order chi connectivity index (χ0) is 15.2. The van der Waals surface area contributed by atoms with Crippen LogP contribution in [-0.4, -0.2) is 45.8 Å². The van der Waals surface area contributed by atoms with Gasteiger partial charge in [0, 0.05) is 20.6 Å².